The van der Waals surface area contributed by atoms with Crippen molar-refractivity contribution in [2.45, 2.75) is 38.3 Å². The van der Waals surface area contributed by atoms with E-state index in [2.05, 4.69) is 14.9 Å². The van der Waals surface area contributed by atoms with Crippen LogP contribution in [-0.2, 0) is 6.54 Å². The molecule has 2 heterocycles. The minimum atomic E-state index is -0.0679. The first-order valence-corrected chi connectivity index (χ1v) is 7.61. The van der Waals surface area contributed by atoms with Crippen molar-refractivity contribution in [3.8, 4) is 0 Å². The van der Waals surface area contributed by atoms with E-state index >= 15 is 0 Å². The number of aliphatic hydroxyl groups is 1. The second-order valence-electron chi connectivity index (χ2n) is 5.66. The van der Waals surface area contributed by atoms with E-state index in [1.807, 2.05) is 18.2 Å². The van der Waals surface area contributed by atoms with Crippen molar-refractivity contribution in [3.63, 3.8) is 0 Å². The minimum Gasteiger partial charge on any atom is -0.396 e. The van der Waals surface area contributed by atoms with Gasteiger partial charge < -0.3 is 10.1 Å². The molecule has 2 aromatic rings. The summed E-state index contributed by atoms with van der Waals surface area (Å²) in [6.07, 6.45) is 4.18. The maximum atomic E-state index is 12.1. The van der Waals surface area contributed by atoms with Crippen LogP contribution in [0.5, 0.6) is 0 Å². The number of nitrogens with one attached hydrogen (secondary N) is 1. The molecule has 2 N–H and O–H groups in total. The van der Waals surface area contributed by atoms with Gasteiger partial charge in [0, 0.05) is 12.6 Å². The van der Waals surface area contributed by atoms with Crippen molar-refractivity contribution in [1.82, 2.24) is 14.9 Å². The Hall–Kier alpha value is -1.72. The van der Waals surface area contributed by atoms with E-state index < -0.39 is 0 Å². The number of hydrogen-bond acceptors (Lipinski definition) is 4. The third-order valence-corrected chi connectivity index (χ3v) is 4.21. The van der Waals surface area contributed by atoms with Gasteiger partial charge in [-0.3, -0.25) is 9.69 Å². The first kappa shape index (κ1) is 14.2. The first-order chi connectivity index (χ1) is 10.3. The van der Waals surface area contributed by atoms with Crippen LogP contribution >= 0.6 is 0 Å². The van der Waals surface area contributed by atoms with Crippen LogP contribution in [0.3, 0.4) is 0 Å². The number of rotatable bonds is 5. The number of aromatic amines is 1. The molecule has 5 heteroatoms. The Balaban J connectivity index is 1.79. The van der Waals surface area contributed by atoms with E-state index in [-0.39, 0.29) is 12.2 Å². The number of likely N-dealkylation sites (tertiary alicyclic amines) is 1. The Morgan fingerprint density at radius 3 is 3.10 bits per heavy atom. The van der Waals surface area contributed by atoms with Crippen molar-refractivity contribution in [2.24, 2.45) is 0 Å². The van der Waals surface area contributed by atoms with Gasteiger partial charge in [0.05, 0.1) is 17.4 Å². The average molecular weight is 287 g/mol. The highest BCUT2D eigenvalue weighted by molar-refractivity contribution is 5.77. The molecule has 5 nitrogen and oxygen atoms in total. The number of benzene rings is 1. The highest BCUT2D eigenvalue weighted by Crippen LogP contribution is 2.22. The predicted octanol–water partition coefficient (Wildman–Crippen LogP) is 1.66. The molecule has 1 atom stereocenters. The maximum Gasteiger partial charge on any atom is 0.258 e. The van der Waals surface area contributed by atoms with Crippen molar-refractivity contribution in [2.75, 3.05) is 13.2 Å². The lowest BCUT2D eigenvalue weighted by atomic mass is 10.1. The molecule has 0 bridgehead atoms. The molecule has 21 heavy (non-hydrogen) atoms. The van der Waals surface area contributed by atoms with E-state index in [0.29, 0.717) is 18.0 Å². The molecule has 0 saturated carbocycles. The molecule has 0 radical (unpaired) electrons. The van der Waals surface area contributed by atoms with Crippen molar-refractivity contribution >= 4 is 10.9 Å². The lowest BCUT2D eigenvalue weighted by Gasteiger charge is -2.23. The van der Waals surface area contributed by atoms with Crippen molar-refractivity contribution in [3.05, 3.63) is 40.4 Å². The van der Waals surface area contributed by atoms with Gasteiger partial charge in [-0.15, -0.1) is 0 Å². The summed E-state index contributed by atoms with van der Waals surface area (Å²) in [4.78, 5) is 21.9. The normalized spacial score (nSPS) is 19.4. The lowest BCUT2D eigenvalue weighted by Crippen LogP contribution is -2.30. The number of para-hydroxylation sites is 1. The van der Waals surface area contributed by atoms with Gasteiger partial charge >= 0.3 is 0 Å². The Labute approximate surface area is 123 Å². The maximum absolute atomic E-state index is 12.1. The quantitative estimate of drug-likeness (QED) is 0.877. The monoisotopic (exact) mass is 287 g/mol. The molecule has 0 spiro atoms. The van der Waals surface area contributed by atoms with Gasteiger partial charge in [-0.05, 0) is 44.4 Å². The summed E-state index contributed by atoms with van der Waals surface area (Å²) >= 11 is 0. The van der Waals surface area contributed by atoms with Gasteiger partial charge in [-0.25, -0.2) is 4.98 Å². The number of aromatic nitrogens is 2. The van der Waals surface area contributed by atoms with Gasteiger partial charge in [0.25, 0.3) is 5.56 Å². The largest absolute Gasteiger partial charge is 0.396 e. The number of H-pyrrole nitrogens is 1. The van der Waals surface area contributed by atoms with Crippen LogP contribution in [0, 0.1) is 0 Å². The predicted molar refractivity (Wildman–Crippen MR) is 82.1 cm³/mol. The van der Waals surface area contributed by atoms with Crippen LogP contribution in [0.4, 0.5) is 0 Å². The van der Waals surface area contributed by atoms with Crippen LogP contribution in [0.1, 0.15) is 31.5 Å². The van der Waals surface area contributed by atoms with Crippen LogP contribution in [-0.4, -0.2) is 39.2 Å². The van der Waals surface area contributed by atoms with Gasteiger partial charge in [0.15, 0.2) is 0 Å². The topological polar surface area (TPSA) is 69.2 Å². The summed E-state index contributed by atoms with van der Waals surface area (Å²) in [5.41, 5.74) is 0.684. The van der Waals surface area contributed by atoms with Gasteiger partial charge in [0.1, 0.15) is 5.82 Å². The molecule has 1 aliphatic heterocycles. The smallest absolute Gasteiger partial charge is 0.258 e. The third kappa shape index (κ3) is 3.14. The lowest BCUT2D eigenvalue weighted by molar-refractivity contribution is 0.206. The SMILES string of the molecule is O=c1[nH]c(CN2CCCC2CCCO)nc2ccccc12. The Morgan fingerprint density at radius 2 is 2.24 bits per heavy atom. The number of nitrogens with zero attached hydrogens (tertiary/aromatic N) is 2. The molecular weight excluding hydrogens is 266 g/mol. The van der Waals surface area contributed by atoms with E-state index in [1.54, 1.807) is 6.07 Å². The fourth-order valence-electron chi connectivity index (χ4n) is 3.16. The van der Waals surface area contributed by atoms with Gasteiger partial charge in [-0.2, -0.15) is 0 Å². The van der Waals surface area contributed by atoms with Crippen LogP contribution in [0.25, 0.3) is 10.9 Å². The fourth-order valence-corrected chi connectivity index (χ4v) is 3.16. The molecule has 1 aromatic heterocycles. The van der Waals surface area contributed by atoms with E-state index in [1.165, 1.54) is 6.42 Å². The Kier molecular flexibility index (Phi) is 4.31. The van der Waals surface area contributed by atoms with E-state index in [0.717, 1.165) is 37.1 Å². The summed E-state index contributed by atoms with van der Waals surface area (Å²) in [6.45, 7) is 1.96. The molecule has 1 aliphatic rings. The number of fused-ring (bicyclic) bond motifs is 1. The summed E-state index contributed by atoms with van der Waals surface area (Å²) in [5, 5.41) is 9.62. The van der Waals surface area contributed by atoms with E-state index in [9.17, 15) is 4.79 Å². The molecular formula is C16H21N3O2. The summed E-state index contributed by atoms with van der Waals surface area (Å²) in [5.74, 6) is 0.731. The third-order valence-electron chi connectivity index (χ3n) is 4.21. The van der Waals surface area contributed by atoms with Crippen molar-refractivity contribution in [1.29, 1.82) is 0 Å². The molecule has 1 saturated heterocycles. The molecule has 1 aromatic carbocycles. The van der Waals surface area contributed by atoms with Crippen LogP contribution in [0.15, 0.2) is 29.1 Å². The summed E-state index contributed by atoms with van der Waals surface area (Å²) in [6, 6.07) is 7.92. The summed E-state index contributed by atoms with van der Waals surface area (Å²) < 4.78 is 0. The Morgan fingerprint density at radius 1 is 1.38 bits per heavy atom. The zero-order valence-electron chi connectivity index (χ0n) is 12.1. The molecule has 1 unspecified atom stereocenters. The number of hydrogen-bond donors (Lipinski definition) is 2. The second-order valence-corrected chi connectivity index (χ2v) is 5.66. The molecule has 0 amide bonds. The fraction of sp³-hybridized carbons (Fsp3) is 0.500. The zero-order valence-corrected chi connectivity index (χ0v) is 12.1. The molecule has 112 valence electrons. The van der Waals surface area contributed by atoms with Gasteiger partial charge in [0.2, 0.25) is 0 Å². The summed E-state index contributed by atoms with van der Waals surface area (Å²) in [7, 11) is 0. The highest BCUT2D eigenvalue weighted by Gasteiger charge is 2.24. The Bertz CT molecular complexity index is 668. The second kappa shape index (κ2) is 6.37. The van der Waals surface area contributed by atoms with Crippen molar-refractivity contribution < 1.29 is 5.11 Å². The zero-order chi connectivity index (χ0) is 14.7. The van der Waals surface area contributed by atoms with E-state index in [4.69, 9.17) is 5.11 Å². The first-order valence-electron chi connectivity index (χ1n) is 7.61. The molecule has 3 rings (SSSR count). The number of aliphatic hydroxyl groups excluding tert-OH is 1. The average Bonchev–Trinajstić information content (AvgIpc) is 2.92. The van der Waals surface area contributed by atoms with Crippen LogP contribution < -0.4 is 5.56 Å². The van der Waals surface area contributed by atoms with Crippen LogP contribution in [0.2, 0.25) is 0 Å². The molecule has 0 aliphatic carbocycles. The minimum absolute atomic E-state index is 0.0679. The van der Waals surface area contributed by atoms with Gasteiger partial charge in [-0.1, -0.05) is 12.1 Å². The standard InChI is InChI=1S/C16H21N3O2/c20-10-4-6-12-5-3-9-19(12)11-15-17-14-8-2-1-7-13(14)16(21)18-15/h1-2,7-8,12,20H,3-6,9-11H2,(H,17,18,21). The highest BCUT2D eigenvalue weighted by atomic mass is 16.2. The molecule has 1 fully saturated rings.